The smallest absolute Gasteiger partial charge is 0.147 e. The zero-order valence-electron chi connectivity index (χ0n) is 9.39. The van der Waals surface area contributed by atoms with Crippen molar-refractivity contribution < 1.29 is 0 Å². The lowest BCUT2D eigenvalue weighted by Crippen LogP contribution is -2.06. The van der Waals surface area contributed by atoms with Crippen LogP contribution in [0.15, 0.2) is 30.3 Å². The molecule has 0 aliphatic rings. The van der Waals surface area contributed by atoms with Crippen molar-refractivity contribution in [2.24, 2.45) is 7.05 Å². The molecule has 0 saturated carbocycles. The maximum Gasteiger partial charge on any atom is 0.147 e. The lowest BCUT2D eigenvalue weighted by atomic mass is 10.0. The molecule has 84 valence electrons. The second-order valence-corrected chi connectivity index (χ2v) is 4.07. The minimum atomic E-state index is 0.232. The van der Waals surface area contributed by atoms with Crippen molar-refractivity contribution in [2.45, 2.75) is 18.7 Å². The predicted octanol–water partition coefficient (Wildman–Crippen LogP) is 2.71. The van der Waals surface area contributed by atoms with Gasteiger partial charge in [0.15, 0.2) is 0 Å². The Morgan fingerprint density at radius 2 is 1.94 bits per heavy atom. The molecule has 1 aromatic carbocycles. The van der Waals surface area contributed by atoms with Gasteiger partial charge >= 0.3 is 0 Å². The highest BCUT2D eigenvalue weighted by molar-refractivity contribution is 6.16. The summed E-state index contributed by atoms with van der Waals surface area (Å²) in [6.07, 6.45) is 0. The highest BCUT2D eigenvalue weighted by Gasteiger charge is 2.15. The topological polar surface area (TPSA) is 30.7 Å². The van der Waals surface area contributed by atoms with Crippen molar-refractivity contribution in [3.05, 3.63) is 47.5 Å². The number of hydrogen-bond donors (Lipinski definition) is 0. The van der Waals surface area contributed by atoms with Crippen molar-refractivity contribution >= 4 is 11.6 Å². The molecule has 1 aromatic heterocycles. The van der Waals surface area contributed by atoms with Crippen molar-refractivity contribution in [3.8, 4) is 0 Å². The summed E-state index contributed by atoms with van der Waals surface area (Å²) in [5, 5.41) is 8.25. The van der Waals surface area contributed by atoms with Crippen LogP contribution in [0.5, 0.6) is 0 Å². The Morgan fingerprint density at radius 3 is 2.50 bits per heavy atom. The Hall–Kier alpha value is -1.35. The normalized spacial score (nSPS) is 12.7. The van der Waals surface area contributed by atoms with Crippen LogP contribution in [-0.4, -0.2) is 14.8 Å². The third-order valence-corrected chi connectivity index (χ3v) is 3.04. The molecule has 0 bridgehead atoms. The van der Waals surface area contributed by atoms with Gasteiger partial charge in [-0.15, -0.1) is 21.8 Å². The van der Waals surface area contributed by atoms with E-state index in [0.29, 0.717) is 5.88 Å². The number of aromatic nitrogens is 3. The summed E-state index contributed by atoms with van der Waals surface area (Å²) in [6.45, 7) is 2.12. The fourth-order valence-electron chi connectivity index (χ4n) is 1.76. The van der Waals surface area contributed by atoms with Gasteiger partial charge in [0.25, 0.3) is 0 Å². The number of alkyl halides is 1. The zero-order valence-corrected chi connectivity index (χ0v) is 10.1. The first-order valence-corrected chi connectivity index (χ1v) is 5.76. The molecule has 2 rings (SSSR count). The van der Waals surface area contributed by atoms with Gasteiger partial charge in [-0.3, -0.25) is 0 Å². The molecule has 0 N–H and O–H groups in total. The second-order valence-electron chi connectivity index (χ2n) is 3.80. The van der Waals surface area contributed by atoms with E-state index in [0.717, 1.165) is 11.6 Å². The van der Waals surface area contributed by atoms with Crippen LogP contribution in [0.1, 0.15) is 30.1 Å². The third-order valence-electron chi connectivity index (χ3n) is 2.81. The van der Waals surface area contributed by atoms with E-state index < -0.39 is 0 Å². The summed E-state index contributed by atoms with van der Waals surface area (Å²) in [6, 6.07) is 10.3. The van der Waals surface area contributed by atoms with Gasteiger partial charge < -0.3 is 4.57 Å². The van der Waals surface area contributed by atoms with Gasteiger partial charge in [-0.1, -0.05) is 37.3 Å². The standard InChI is InChI=1S/C12H14ClN3/c1-9(10-6-4-3-5-7-10)12-15-14-11(8-13)16(12)2/h3-7,9H,8H2,1-2H3. The SMILES string of the molecule is CC(c1ccccc1)c1nnc(CCl)n1C. The summed E-state index contributed by atoms with van der Waals surface area (Å²) < 4.78 is 1.96. The monoisotopic (exact) mass is 235 g/mol. The van der Waals surface area contributed by atoms with Crippen molar-refractivity contribution in [1.82, 2.24) is 14.8 Å². The Bertz CT molecular complexity index is 464. The number of nitrogens with zero attached hydrogens (tertiary/aromatic N) is 3. The van der Waals surface area contributed by atoms with Crippen molar-refractivity contribution in [1.29, 1.82) is 0 Å². The molecule has 0 aliphatic carbocycles. The van der Waals surface area contributed by atoms with Gasteiger partial charge in [-0.2, -0.15) is 0 Å². The first-order valence-electron chi connectivity index (χ1n) is 5.23. The van der Waals surface area contributed by atoms with Crippen LogP contribution < -0.4 is 0 Å². The molecule has 0 fully saturated rings. The van der Waals surface area contributed by atoms with E-state index in [2.05, 4.69) is 29.3 Å². The van der Waals surface area contributed by atoms with Crippen LogP contribution in [0, 0.1) is 0 Å². The summed E-state index contributed by atoms with van der Waals surface area (Å²) in [4.78, 5) is 0. The Kier molecular flexibility index (Phi) is 3.25. The van der Waals surface area contributed by atoms with Gasteiger partial charge in [-0.25, -0.2) is 0 Å². The minimum absolute atomic E-state index is 0.232. The van der Waals surface area contributed by atoms with Crippen LogP contribution in [-0.2, 0) is 12.9 Å². The van der Waals surface area contributed by atoms with E-state index in [4.69, 9.17) is 11.6 Å². The average molecular weight is 236 g/mol. The molecule has 1 atom stereocenters. The van der Waals surface area contributed by atoms with Crippen LogP contribution in [0.25, 0.3) is 0 Å². The number of rotatable bonds is 3. The third kappa shape index (κ3) is 1.95. The highest BCUT2D eigenvalue weighted by Crippen LogP contribution is 2.22. The summed E-state index contributed by atoms with van der Waals surface area (Å²) >= 11 is 5.77. The average Bonchev–Trinajstić information content (AvgIpc) is 2.70. The van der Waals surface area contributed by atoms with Crippen LogP contribution in [0.4, 0.5) is 0 Å². The molecular formula is C12H14ClN3. The van der Waals surface area contributed by atoms with Crippen LogP contribution >= 0.6 is 11.6 Å². The molecule has 16 heavy (non-hydrogen) atoms. The lowest BCUT2D eigenvalue weighted by Gasteiger charge is -2.11. The highest BCUT2D eigenvalue weighted by atomic mass is 35.5. The molecule has 4 heteroatoms. The maximum absolute atomic E-state index is 5.77. The van der Waals surface area contributed by atoms with E-state index in [9.17, 15) is 0 Å². The van der Waals surface area contributed by atoms with E-state index in [1.165, 1.54) is 5.56 Å². The Morgan fingerprint density at radius 1 is 1.25 bits per heavy atom. The van der Waals surface area contributed by atoms with Crippen molar-refractivity contribution in [3.63, 3.8) is 0 Å². The number of halogens is 1. The van der Waals surface area contributed by atoms with Gasteiger partial charge in [0.05, 0.1) is 5.88 Å². The minimum Gasteiger partial charge on any atom is -0.317 e. The van der Waals surface area contributed by atoms with E-state index in [1.54, 1.807) is 0 Å². The van der Waals surface area contributed by atoms with Crippen molar-refractivity contribution in [2.75, 3.05) is 0 Å². The zero-order chi connectivity index (χ0) is 11.5. The lowest BCUT2D eigenvalue weighted by molar-refractivity contribution is 0.723. The summed E-state index contributed by atoms with van der Waals surface area (Å²) in [5.74, 6) is 2.38. The molecule has 0 amide bonds. The Labute approximate surface area is 100 Å². The molecule has 0 spiro atoms. The van der Waals surface area contributed by atoms with Crippen LogP contribution in [0.3, 0.4) is 0 Å². The van der Waals surface area contributed by atoms with Crippen LogP contribution in [0.2, 0.25) is 0 Å². The van der Waals surface area contributed by atoms with Gasteiger partial charge in [0, 0.05) is 13.0 Å². The second kappa shape index (κ2) is 4.66. The molecule has 0 saturated heterocycles. The van der Waals surface area contributed by atoms with Gasteiger partial charge in [-0.05, 0) is 5.56 Å². The molecule has 0 radical (unpaired) electrons. The number of hydrogen-bond acceptors (Lipinski definition) is 2. The summed E-state index contributed by atoms with van der Waals surface area (Å²) in [5.41, 5.74) is 1.24. The van der Waals surface area contributed by atoms with E-state index in [-0.39, 0.29) is 5.92 Å². The first kappa shape index (κ1) is 11.1. The molecule has 1 heterocycles. The van der Waals surface area contributed by atoms with Gasteiger partial charge in [0.2, 0.25) is 0 Å². The van der Waals surface area contributed by atoms with E-state index in [1.807, 2.05) is 29.8 Å². The maximum atomic E-state index is 5.77. The largest absolute Gasteiger partial charge is 0.317 e. The predicted molar refractivity (Wildman–Crippen MR) is 64.5 cm³/mol. The Balaban J connectivity index is 2.34. The molecule has 3 nitrogen and oxygen atoms in total. The molecule has 1 unspecified atom stereocenters. The quantitative estimate of drug-likeness (QED) is 0.766. The fraction of sp³-hybridized carbons (Fsp3) is 0.333. The summed E-state index contributed by atoms with van der Waals surface area (Å²) in [7, 11) is 1.95. The molecular weight excluding hydrogens is 222 g/mol. The van der Waals surface area contributed by atoms with E-state index >= 15 is 0 Å². The fourth-order valence-corrected chi connectivity index (χ4v) is 1.99. The molecule has 0 aliphatic heterocycles. The number of benzene rings is 1. The van der Waals surface area contributed by atoms with Gasteiger partial charge in [0.1, 0.15) is 11.6 Å². The molecule has 2 aromatic rings. The first-order chi connectivity index (χ1) is 7.74.